The Morgan fingerprint density at radius 1 is 1.48 bits per heavy atom. The number of para-hydroxylation sites is 1. The van der Waals surface area contributed by atoms with E-state index in [1.807, 2.05) is 6.92 Å². The minimum Gasteiger partial charge on any atom is -0.382 e. The van der Waals surface area contributed by atoms with Crippen LogP contribution in [0.1, 0.15) is 30.1 Å². The summed E-state index contributed by atoms with van der Waals surface area (Å²) in [7, 11) is 2.08. The summed E-state index contributed by atoms with van der Waals surface area (Å²) < 4.78 is 13.9. The smallest absolute Gasteiger partial charge is 0.253 e. The van der Waals surface area contributed by atoms with Crippen molar-refractivity contribution >= 4 is 11.6 Å². The van der Waals surface area contributed by atoms with Crippen molar-refractivity contribution in [3.63, 3.8) is 0 Å². The summed E-state index contributed by atoms with van der Waals surface area (Å²) >= 11 is 0. The quantitative estimate of drug-likeness (QED) is 0.846. The van der Waals surface area contributed by atoms with Crippen molar-refractivity contribution in [3.8, 4) is 0 Å². The molecule has 1 aliphatic heterocycles. The van der Waals surface area contributed by atoms with Crippen LogP contribution in [0.5, 0.6) is 0 Å². The summed E-state index contributed by atoms with van der Waals surface area (Å²) in [6.45, 7) is 5.37. The largest absolute Gasteiger partial charge is 0.382 e. The molecule has 1 atom stereocenters. The molecule has 21 heavy (non-hydrogen) atoms. The van der Waals surface area contributed by atoms with Gasteiger partial charge >= 0.3 is 0 Å². The van der Waals surface area contributed by atoms with Crippen LogP contribution in [0, 0.1) is 11.7 Å². The number of anilines is 1. The molecule has 0 aliphatic carbocycles. The van der Waals surface area contributed by atoms with E-state index in [-0.39, 0.29) is 11.7 Å². The van der Waals surface area contributed by atoms with Gasteiger partial charge in [0.1, 0.15) is 5.82 Å². The van der Waals surface area contributed by atoms with Gasteiger partial charge in [0, 0.05) is 19.6 Å². The second-order valence-electron chi connectivity index (χ2n) is 5.72. The highest BCUT2D eigenvalue weighted by atomic mass is 19.1. The first-order valence-electron chi connectivity index (χ1n) is 7.61. The van der Waals surface area contributed by atoms with Gasteiger partial charge in [-0.2, -0.15) is 0 Å². The van der Waals surface area contributed by atoms with Gasteiger partial charge in [-0.3, -0.25) is 4.79 Å². The van der Waals surface area contributed by atoms with Crippen molar-refractivity contribution in [2.75, 3.05) is 38.5 Å². The molecule has 1 amide bonds. The molecule has 2 N–H and O–H groups in total. The highest BCUT2D eigenvalue weighted by Gasteiger charge is 2.21. The molecule has 1 saturated heterocycles. The van der Waals surface area contributed by atoms with Crippen molar-refractivity contribution in [2.24, 2.45) is 5.92 Å². The van der Waals surface area contributed by atoms with E-state index < -0.39 is 0 Å². The van der Waals surface area contributed by atoms with Crippen LogP contribution in [0.2, 0.25) is 0 Å². The van der Waals surface area contributed by atoms with Crippen LogP contribution in [-0.4, -0.2) is 44.0 Å². The Morgan fingerprint density at radius 2 is 2.29 bits per heavy atom. The molecule has 0 spiro atoms. The number of nitrogens with zero attached hydrogens (tertiary/aromatic N) is 1. The molecule has 1 fully saturated rings. The fourth-order valence-electron chi connectivity index (χ4n) is 2.67. The molecule has 0 bridgehead atoms. The van der Waals surface area contributed by atoms with Gasteiger partial charge < -0.3 is 15.5 Å². The minimum absolute atomic E-state index is 0.206. The van der Waals surface area contributed by atoms with Crippen LogP contribution in [0.15, 0.2) is 18.2 Å². The zero-order valence-corrected chi connectivity index (χ0v) is 12.8. The molecular weight excluding hydrogens is 269 g/mol. The highest BCUT2D eigenvalue weighted by molar-refractivity contribution is 5.99. The predicted molar refractivity (Wildman–Crippen MR) is 83.1 cm³/mol. The lowest BCUT2D eigenvalue weighted by Crippen LogP contribution is -2.31. The topological polar surface area (TPSA) is 44.4 Å². The molecular formula is C16H24FN3O. The number of halogens is 1. The van der Waals surface area contributed by atoms with Crippen molar-refractivity contribution in [2.45, 2.75) is 19.8 Å². The maximum absolute atomic E-state index is 13.9. The number of hydrogen-bond acceptors (Lipinski definition) is 3. The predicted octanol–water partition coefficient (Wildman–Crippen LogP) is 2.33. The van der Waals surface area contributed by atoms with Crippen LogP contribution in [0.3, 0.4) is 0 Å². The summed E-state index contributed by atoms with van der Waals surface area (Å²) in [5.74, 6) is -0.0982. The van der Waals surface area contributed by atoms with E-state index in [1.165, 1.54) is 6.07 Å². The number of amides is 1. The van der Waals surface area contributed by atoms with Gasteiger partial charge in [-0.1, -0.05) is 13.0 Å². The molecule has 0 radical (unpaired) electrons. The molecule has 1 aromatic rings. The first-order valence-corrected chi connectivity index (χ1v) is 7.61. The van der Waals surface area contributed by atoms with Gasteiger partial charge in [0.15, 0.2) is 0 Å². The molecule has 5 heteroatoms. The lowest BCUT2D eigenvalue weighted by Gasteiger charge is -2.15. The molecule has 1 heterocycles. The van der Waals surface area contributed by atoms with Crippen molar-refractivity contribution in [1.82, 2.24) is 10.2 Å². The van der Waals surface area contributed by atoms with Gasteiger partial charge in [-0.15, -0.1) is 0 Å². The molecule has 1 unspecified atom stereocenters. The van der Waals surface area contributed by atoms with E-state index in [0.29, 0.717) is 30.3 Å². The summed E-state index contributed by atoms with van der Waals surface area (Å²) in [6, 6.07) is 4.61. The molecule has 1 aliphatic rings. The molecule has 116 valence electrons. The van der Waals surface area contributed by atoms with Crippen LogP contribution in [-0.2, 0) is 0 Å². The van der Waals surface area contributed by atoms with Crippen molar-refractivity contribution in [1.29, 1.82) is 0 Å². The number of rotatable bonds is 6. The third-order valence-electron chi connectivity index (χ3n) is 3.85. The van der Waals surface area contributed by atoms with Crippen LogP contribution < -0.4 is 10.6 Å². The average Bonchev–Trinajstić information content (AvgIpc) is 2.89. The number of carbonyl (C=O) groups is 1. The highest BCUT2D eigenvalue weighted by Crippen LogP contribution is 2.20. The molecule has 2 rings (SSSR count). The average molecular weight is 293 g/mol. The van der Waals surface area contributed by atoms with E-state index in [1.54, 1.807) is 12.1 Å². The number of carbonyl (C=O) groups excluding carboxylic acids is 1. The maximum atomic E-state index is 13.9. The standard InChI is InChI=1S/C16H24FN3O/c1-3-8-18-15-13(5-4-6-14(15)17)16(21)19-10-12-7-9-20(2)11-12/h4-6,12,18H,3,7-11H2,1-2H3,(H,19,21). The van der Waals surface area contributed by atoms with Crippen molar-refractivity contribution < 1.29 is 9.18 Å². The lowest BCUT2D eigenvalue weighted by atomic mass is 10.1. The Bertz CT molecular complexity index is 492. The van der Waals surface area contributed by atoms with Gasteiger partial charge in [-0.25, -0.2) is 4.39 Å². The van der Waals surface area contributed by atoms with Gasteiger partial charge in [0.25, 0.3) is 5.91 Å². The number of hydrogen-bond donors (Lipinski definition) is 2. The fourth-order valence-corrected chi connectivity index (χ4v) is 2.67. The third-order valence-corrected chi connectivity index (χ3v) is 3.85. The van der Waals surface area contributed by atoms with Crippen LogP contribution in [0.25, 0.3) is 0 Å². The van der Waals surface area contributed by atoms with E-state index in [0.717, 1.165) is 25.9 Å². The number of likely N-dealkylation sites (tertiary alicyclic amines) is 1. The van der Waals surface area contributed by atoms with Gasteiger partial charge in [-0.05, 0) is 44.5 Å². The Morgan fingerprint density at radius 3 is 2.95 bits per heavy atom. The molecule has 0 saturated carbocycles. The van der Waals surface area contributed by atoms with E-state index in [9.17, 15) is 9.18 Å². The van der Waals surface area contributed by atoms with Crippen molar-refractivity contribution in [3.05, 3.63) is 29.6 Å². The Hall–Kier alpha value is -1.62. The van der Waals surface area contributed by atoms with Gasteiger partial charge in [0.05, 0.1) is 11.3 Å². The number of benzene rings is 1. The lowest BCUT2D eigenvalue weighted by molar-refractivity contribution is 0.0948. The Balaban J connectivity index is 1.99. The number of nitrogens with one attached hydrogen (secondary N) is 2. The molecule has 4 nitrogen and oxygen atoms in total. The second kappa shape index (κ2) is 7.41. The van der Waals surface area contributed by atoms with Crippen LogP contribution in [0.4, 0.5) is 10.1 Å². The molecule has 1 aromatic carbocycles. The Labute approximate surface area is 125 Å². The first-order chi connectivity index (χ1) is 10.1. The van der Waals surface area contributed by atoms with E-state index in [4.69, 9.17) is 0 Å². The summed E-state index contributed by atoms with van der Waals surface area (Å²) in [6.07, 6.45) is 1.98. The van der Waals surface area contributed by atoms with E-state index in [2.05, 4.69) is 22.6 Å². The minimum atomic E-state index is -0.378. The first kappa shape index (κ1) is 15.8. The van der Waals surface area contributed by atoms with E-state index >= 15 is 0 Å². The third kappa shape index (κ3) is 4.17. The zero-order valence-electron chi connectivity index (χ0n) is 12.8. The SMILES string of the molecule is CCCNc1c(F)cccc1C(=O)NCC1CCN(C)C1. The van der Waals surface area contributed by atoms with Crippen LogP contribution >= 0.6 is 0 Å². The fraction of sp³-hybridized carbons (Fsp3) is 0.562. The summed E-state index contributed by atoms with van der Waals surface area (Å²) in [5.41, 5.74) is 0.690. The second-order valence-corrected chi connectivity index (χ2v) is 5.72. The summed E-state index contributed by atoms with van der Waals surface area (Å²) in [5, 5.41) is 5.94. The summed E-state index contributed by atoms with van der Waals surface area (Å²) in [4.78, 5) is 14.5. The monoisotopic (exact) mass is 293 g/mol. The normalized spacial score (nSPS) is 18.7. The maximum Gasteiger partial charge on any atom is 0.253 e. The molecule has 0 aromatic heterocycles. The Kier molecular flexibility index (Phi) is 5.56. The zero-order chi connectivity index (χ0) is 15.2. The van der Waals surface area contributed by atoms with Gasteiger partial charge in [0.2, 0.25) is 0 Å².